The Bertz CT molecular complexity index is 1470. The van der Waals surface area contributed by atoms with E-state index in [0.29, 0.717) is 11.5 Å². The Balaban J connectivity index is 1.65. The number of carbonyl (C=O) groups excluding carboxylic acids is 1. The van der Waals surface area contributed by atoms with E-state index in [4.69, 9.17) is 5.73 Å². The standard InChI is InChI=1S/C24H22N4O3S2/c1-15-4-3-5-19(12-15)33(30,31)28-18-9-6-16(7-10-18)20-14-32-23-17(8-11-21(29)26-2)13-27-24(25)22(20)23/h3-14,28H,1-2H3,(H2,25,27)(H,26,29)/b11-8+. The molecule has 168 valence electrons. The largest absolute Gasteiger partial charge is 0.383 e. The molecule has 0 fully saturated rings. The molecule has 2 heterocycles. The van der Waals surface area contributed by atoms with E-state index >= 15 is 0 Å². The summed E-state index contributed by atoms with van der Waals surface area (Å²) < 4.78 is 28.9. The molecule has 2 aromatic carbocycles. The average Bonchev–Trinajstić information content (AvgIpc) is 3.25. The van der Waals surface area contributed by atoms with Crippen molar-refractivity contribution in [2.75, 3.05) is 17.5 Å². The number of hydrogen-bond acceptors (Lipinski definition) is 6. The molecule has 0 atom stereocenters. The number of sulfonamides is 1. The molecule has 0 spiro atoms. The van der Waals surface area contributed by atoms with Gasteiger partial charge in [0.05, 0.1) is 4.90 Å². The van der Waals surface area contributed by atoms with E-state index in [0.717, 1.165) is 32.3 Å². The second kappa shape index (κ2) is 9.05. The number of nitrogen functional groups attached to an aromatic ring is 1. The lowest BCUT2D eigenvalue weighted by atomic mass is 10.0. The summed E-state index contributed by atoms with van der Waals surface area (Å²) >= 11 is 1.51. The van der Waals surface area contributed by atoms with Crippen molar-refractivity contribution in [3.8, 4) is 11.1 Å². The molecule has 0 radical (unpaired) electrons. The quantitative estimate of drug-likeness (QED) is 0.355. The van der Waals surface area contributed by atoms with Gasteiger partial charge in [-0.1, -0.05) is 24.3 Å². The number of nitrogens with two attached hydrogens (primary N) is 1. The number of nitrogens with zero attached hydrogens (tertiary/aromatic N) is 1. The zero-order chi connectivity index (χ0) is 23.6. The highest BCUT2D eigenvalue weighted by molar-refractivity contribution is 7.92. The summed E-state index contributed by atoms with van der Waals surface area (Å²) in [6.07, 6.45) is 4.79. The van der Waals surface area contributed by atoms with Gasteiger partial charge in [-0.05, 0) is 53.8 Å². The molecule has 2 aromatic heterocycles. The van der Waals surface area contributed by atoms with Crippen LogP contribution < -0.4 is 15.8 Å². The summed E-state index contributed by atoms with van der Waals surface area (Å²) in [6, 6.07) is 13.8. The number of aryl methyl sites for hydroxylation is 1. The highest BCUT2D eigenvalue weighted by Gasteiger charge is 2.16. The molecule has 0 unspecified atom stereocenters. The van der Waals surface area contributed by atoms with Gasteiger partial charge in [0.25, 0.3) is 10.0 Å². The number of amides is 1. The minimum absolute atomic E-state index is 0.208. The maximum atomic E-state index is 12.7. The first-order chi connectivity index (χ1) is 15.8. The molecule has 0 bridgehead atoms. The van der Waals surface area contributed by atoms with Crippen LogP contribution in [0.2, 0.25) is 0 Å². The summed E-state index contributed by atoms with van der Waals surface area (Å²) in [5.41, 5.74) is 10.1. The average molecular weight is 479 g/mol. The number of nitrogens with one attached hydrogen (secondary N) is 2. The zero-order valence-corrected chi connectivity index (χ0v) is 19.6. The van der Waals surface area contributed by atoms with Crippen LogP contribution in [0.1, 0.15) is 11.1 Å². The number of carbonyl (C=O) groups is 1. The smallest absolute Gasteiger partial charge is 0.261 e. The van der Waals surface area contributed by atoms with Crippen molar-refractivity contribution in [1.82, 2.24) is 10.3 Å². The van der Waals surface area contributed by atoms with Gasteiger partial charge in [0.1, 0.15) is 5.82 Å². The van der Waals surface area contributed by atoms with E-state index in [1.807, 2.05) is 30.5 Å². The minimum Gasteiger partial charge on any atom is -0.383 e. The molecule has 1 amide bonds. The van der Waals surface area contributed by atoms with Gasteiger partial charge < -0.3 is 11.1 Å². The summed E-state index contributed by atoms with van der Waals surface area (Å²) in [4.78, 5) is 16.1. The highest BCUT2D eigenvalue weighted by Crippen LogP contribution is 2.39. The first-order valence-electron chi connectivity index (χ1n) is 10.0. The van der Waals surface area contributed by atoms with Gasteiger partial charge in [0.2, 0.25) is 5.91 Å². The van der Waals surface area contributed by atoms with E-state index in [1.54, 1.807) is 49.7 Å². The number of aromatic nitrogens is 1. The fourth-order valence-corrected chi connectivity index (χ4v) is 5.62. The van der Waals surface area contributed by atoms with Crippen LogP contribution in [0.3, 0.4) is 0 Å². The van der Waals surface area contributed by atoms with Crippen molar-refractivity contribution < 1.29 is 13.2 Å². The Kier molecular flexibility index (Phi) is 6.17. The van der Waals surface area contributed by atoms with Crippen LogP contribution in [-0.4, -0.2) is 26.4 Å². The number of fused-ring (bicyclic) bond motifs is 1. The van der Waals surface area contributed by atoms with E-state index in [2.05, 4.69) is 15.0 Å². The lowest BCUT2D eigenvalue weighted by Gasteiger charge is -2.10. The van der Waals surface area contributed by atoms with Gasteiger partial charge in [0.15, 0.2) is 0 Å². The molecule has 0 aliphatic heterocycles. The normalized spacial score (nSPS) is 11.7. The molecule has 0 aliphatic carbocycles. The Morgan fingerprint density at radius 1 is 1.15 bits per heavy atom. The van der Waals surface area contributed by atoms with Crippen molar-refractivity contribution in [2.45, 2.75) is 11.8 Å². The van der Waals surface area contributed by atoms with Gasteiger partial charge in [-0.2, -0.15) is 0 Å². The van der Waals surface area contributed by atoms with Gasteiger partial charge >= 0.3 is 0 Å². The van der Waals surface area contributed by atoms with Crippen molar-refractivity contribution in [1.29, 1.82) is 0 Å². The summed E-state index contributed by atoms with van der Waals surface area (Å²) in [7, 11) is -2.12. The highest BCUT2D eigenvalue weighted by atomic mass is 32.2. The number of thiophene rings is 1. The molecule has 4 rings (SSSR count). The Morgan fingerprint density at radius 2 is 1.91 bits per heavy atom. The van der Waals surface area contributed by atoms with Gasteiger partial charge in [-0.3, -0.25) is 9.52 Å². The van der Waals surface area contributed by atoms with Crippen molar-refractivity contribution >= 4 is 54.9 Å². The fraction of sp³-hybridized carbons (Fsp3) is 0.0833. The maximum absolute atomic E-state index is 12.7. The Labute approximate surface area is 196 Å². The first-order valence-corrected chi connectivity index (χ1v) is 12.4. The minimum atomic E-state index is -3.68. The van der Waals surface area contributed by atoms with Crippen LogP contribution in [0.4, 0.5) is 11.5 Å². The molecule has 0 aliphatic rings. The van der Waals surface area contributed by atoms with Gasteiger partial charge in [-0.25, -0.2) is 13.4 Å². The molecule has 0 saturated carbocycles. The van der Waals surface area contributed by atoms with Crippen LogP contribution >= 0.6 is 11.3 Å². The summed E-state index contributed by atoms with van der Waals surface area (Å²) in [5.74, 6) is 0.183. The number of likely N-dealkylation sites (N-methyl/N-ethyl adjacent to an activating group) is 1. The third kappa shape index (κ3) is 4.74. The molecule has 4 N–H and O–H groups in total. The molecule has 7 nitrogen and oxygen atoms in total. The number of rotatable bonds is 6. The Hall–Kier alpha value is -3.69. The van der Waals surface area contributed by atoms with Crippen molar-refractivity contribution in [3.05, 3.63) is 77.3 Å². The van der Waals surface area contributed by atoms with E-state index in [-0.39, 0.29) is 10.8 Å². The molecular weight excluding hydrogens is 456 g/mol. The number of hydrogen-bond donors (Lipinski definition) is 3. The molecule has 9 heteroatoms. The van der Waals surface area contributed by atoms with Gasteiger partial charge in [0, 0.05) is 46.2 Å². The van der Waals surface area contributed by atoms with Crippen LogP contribution in [-0.2, 0) is 14.8 Å². The fourth-order valence-electron chi connectivity index (χ4n) is 3.38. The number of benzene rings is 2. The molecule has 0 saturated heterocycles. The van der Waals surface area contributed by atoms with E-state index in [1.165, 1.54) is 17.4 Å². The summed E-state index contributed by atoms with van der Waals surface area (Å²) in [6.45, 7) is 1.85. The zero-order valence-electron chi connectivity index (χ0n) is 18.0. The van der Waals surface area contributed by atoms with Crippen LogP contribution in [0.15, 0.2) is 71.1 Å². The monoisotopic (exact) mass is 478 g/mol. The lowest BCUT2D eigenvalue weighted by molar-refractivity contribution is -0.115. The number of anilines is 2. The predicted octanol–water partition coefficient (Wildman–Crippen LogP) is 4.41. The SMILES string of the molecule is CNC(=O)/C=C/c1cnc(N)c2c(-c3ccc(NS(=O)(=O)c4cccc(C)c4)cc3)csc12. The second-order valence-electron chi connectivity index (χ2n) is 7.40. The third-order valence-corrected chi connectivity index (χ3v) is 7.47. The maximum Gasteiger partial charge on any atom is 0.261 e. The predicted molar refractivity (Wildman–Crippen MR) is 135 cm³/mol. The molecular formula is C24H22N4O3S2. The summed E-state index contributed by atoms with van der Waals surface area (Å²) in [5, 5.41) is 5.32. The van der Waals surface area contributed by atoms with Crippen LogP contribution in [0.25, 0.3) is 27.3 Å². The Morgan fingerprint density at radius 3 is 2.61 bits per heavy atom. The van der Waals surface area contributed by atoms with E-state index in [9.17, 15) is 13.2 Å². The third-order valence-electron chi connectivity index (χ3n) is 5.06. The number of pyridine rings is 1. The van der Waals surface area contributed by atoms with E-state index < -0.39 is 10.0 Å². The van der Waals surface area contributed by atoms with Crippen molar-refractivity contribution in [3.63, 3.8) is 0 Å². The van der Waals surface area contributed by atoms with Crippen LogP contribution in [0, 0.1) is 6.92 Å². The molecule has 4 aromatic rings. The first kappa shape index (κ1) is 22.5. The van der Waals surface area contributed by atoms with Gasteiger partial charge in [-0.15, -0.1) is 11.3 Å². The lowest BCUT2D eigenvalue weighted by Crippen LogP contribution is -2.13. The topological polar surface area (TPSA) is 114 Å². The second-order valence-corrected chi connectivity index (χ2v) is 9.96. The van der Waals surface area contributed by atoms with Crippen molar-refractivity contribution in [2.24, 2.45) is 0 Å². The van der Waals surface area contributed by atoms with Crippen LogP contribution in [0.5, 0.6) is 0 Å². The molecule has 33 heavy (non-hydrogen) atoms.